The third-order valence-corrected chi connectivity index (χ3v) is 18.4. The van der Waals surface area contributed by atoms with Gasteiger partial charge < -0.3 is 14.7 Å². The maximum atomic E-state index is 3.02. The first-order valence-corrected chi connectivity index (χ1v) is 28.1. The van der Waals surface area contributed by atoms with Crippen LogP contribution >= 0.6 is 0 Å². The summed E-state index contributed by atoms with van der Waals surface area (Å²) in [6.07, 6.45) is 9.37. The number of piperazine rings is 2. The molecule has 0 aromatic rings. The maximum absolute atomic E-state index is 3.02. The van der Waals surface area contributed by atoms with Crippen LogP contribution in [0.5, 0.6) is 0 Å². The predicted molar refractivity (Wildman–Crippen MR) is 283 cm³/mol. The molecule has 7 saturated heterocycles. The second-order valence-corrected chi connectivity index (χ2v) is 30.2. The van der Waals surface area contributed by atoms with Crippen molar-refractivity contribution in [2.45, 2.75) is 203 Å². The van der Waals surface area contributed by atoms with Crippen LogP contribution in [0, 0.1) is 33.5 Å². The standard InChI is InChI=1S/C57H111N9/c1-45-34-48(18-25-62(45)40-53(8,9)10)60-26-32-65(33-27-60)55(14,15)21-22-56(16,17)66-43-57(44-66)41-63(42-57)50-20-24-59(39-52(5,6)7)37-47(50)35-46-36-58(38-51(2,3)4)23-19-49(46)61-28-30-64(31-29-61)54(11,12)13/h45-50H,18-44H2,1-17H3/t45-,46?,47+,48?,49?,50?/m1/s1. The fraction of sp³-hybridized carbons (Fsp3) is 1.00. The van der Waals surface area contributed by atoms with Gasteiger partial charge in [-0.3, -0.25) is 29.4 Å². The van der Waals surface area contributed by atoms with E-state index in [-0.39, 0.29) is 16.6 Å². The molecule has 7 aliphatic rings. The Morgan fingerprint density at radius 3 is 1.36 bits per heavy atom. The lowest BCUT2D eigenvalue weighted by Crippen LogP contribution is -2.77. The van der Waals surface area contributed by atoms with Crippen LogP contribution in [0.25, 0.3) is 0 Å². The van der Waals surface area contributed by atoms with Gasteiger partial charge in [0.1, 0.15) is 0 Å². The zero-order valence-corrected chi connectivity index (χ0v) is 47.1. The highest BCUT2D eigenvalue weighted by Gasteiger charge is 2.57. The summed E-state index contributed by atoms with van der Waals surface area (Å²) >= 11 is 0. The number of hydrogen-bond donors (Lipinski definition) is 0. The molecular weight excluding hydrogens is 811 g/mol. The Morgan fingerprint density at radius 2 is 0.894 bits per heavy atom. The van der Waals surface area contributed by atoms with Gasteiger partial charge in [-0.05, 0) is 148 Å². The zero-order chi connectivity index (χ0) is 48.3. The van der Waals surface area contributed by atoms with Crippen molar-refractivity contribution in [2.24, 2.45) is 33.5 Å². The second-order valence-electron chi connectivity index (χ2n) is 30.2. The number of hydrogen-bond acceptors (Lipinski definition) is 9. The molecule has 1 spiro atoms. The largest absolute Gasteiger partial charge is 0.302 e. The Labute approximate surface area is 410 Å². The van der Waals surface area contributed by atoms with E-state index in [0.717, 1.165) is 30.0 Å². The molecule has 7 rings (SSSR count). The molecule has 0 amide bonds. The van der Waals surface area contributed by atoms with E-state index in [1.54, 1.807) is 0 Å². The maximum Gasteiger partial charge on any atom is 0.0212 e. The highest BCUT2D eigenvalue weighted by Crippen LogP contribution is 2.48. The molecular formula is C57H111N9. The van der Waals surface area contributed by atoms with E-state index in [1.165, 1.54) is 176 Å². The van der Waals surface area contributed by atoms with Crippen molar-refractivity contribution >= 4 is 0 Å². The van der Waals surface area contributed by atoms with Crippen LogP contribution in [0.3, 0.4) is 0 Å². The molecule has 9 heteroatoms. The number of likely N-dealkylation sites (tertiary alicyclic amines) is 5. The van der Waals surface area contributed by atoms with Crippen LogP contribution in [0.1, 0.15) is 163 Å². The topological polar surface area (TPSA) is 29.2 Å². The molecule has 0 aromatic heterocycles. The van der Waals surface area contributed by atoms with Crippen molar-refractivity contribution in [3.63, 3.8) is 0 Å². The third-order valence-electron chi connectivity index (χ3n) is 18.4. The molecule has 384 valence electrons. The molecule has 0 N–H and O–H groups in total. The minimum absolute atomic E-state index is 0.251. The molecule has 6 atom stereocenters. The minimum atomic E-state index is 0.251. The van der Waals surface area contributed by atoms with Crippen molar-refractivity contribution in [1.82, 2.24) is 44.1 Å². The third kappa shape index (κ3) is 13.8. The Bertz CT molecular complexity index is 1520. The van der Waals surface area contributed by atoms with Gasteiger partial charge in [0.15, 0.2) is 0 Å². The quantitative estimate of drug-likeness (QED) is 0.180. The molecule has 7 fully saturated rings. The first-order valence-electron chi connectivity index (χ1n) is 28.1. The number of piperidine rings is 3. The Kier molecular flexibility index (Phi) is 16.4. The van der Waals surface area contributed by atoms with Gasteiger partial charge in [-0.25, -0.2) is 0 Å². The SMILES string of the molecule is C[C@@H]1CC(N2CCN(C(C)(C)CCC(C)(C)N3CC4(CN(C5CCN(CC(C)(C)C)C[C@@H]5CC5CN(CC(C)(C)C)CCC5N5CCN(C(C)(C)C)CC5)C4)C3)CC2)CCN1CC(C)(C)C. The average molecular weight is 923 g/mol. The summed E-state index contributed by atoms with van der Waals surface area (Å²) < 4.78 is 0. The first-order chi connectivity index (χ1) is 30.5. The van der Waals surface area contributed by atoms with Crippen LogP contribution in [-0.2, 0) is 0 Å². The number of rotatable bonds is 13. The number of nitrogens with zero attached hydrogens (tertiary/aromatic N) is 9. The fourth-order valence-electron chi connectivity index (χ4n) is 14.8. The van der Waals surface area contributed by atoms with Gasteiger partial charge in [0.05, 0.1) is 0 Å². The van der Waals surface area contributed by atoms with Crippen molar-refractivity contribution in [1.29, 1.82) is 0 Å². The molecule has 0 saturated carbocycles. The average Bonchev–Trinajstić information content (AvgIpc) is 3.16. The lowest BCUT2D eigenvalue weighted by molar-refractivity contribution is -0.173. The van der Waals surface area contributed by atoms with Crippen molar-refractivity contribution in [2.75, 3.05) is 131 Å². The van der Waals surface area contributed by atoms with Gasteiger partial charge in [0.25, 0.3) is 0 Å². The van der Waals surface area contributed by atoms with E-state index in [1.807, 2.05) is 0 Å². The Balaban J connectivity index is 0.918. The molecule has 0 aromatic carbocycles. The van der Waals surface area contributed by atoms with Crippen LogP contribution in [0.15, 0.2) is 0 Å². The lowest BCUT2D eigenvalue weighted by atomic mass is 9.67. The van der Waals surface area contributed by atoms with Gasteiger partial charge in [-0.1, -0.05) is 62.3 Å². The van der Waals surface area contributed by atoms with Crippen molar-refractivity contribution in [3.8, 4) is 0 Å². The molecule has 7 aliphatic heterocycles. The van der Waals surface area contributed by atoms with Gasteiger partial charge in [-0.2, -0.15) is 0 Å². The fourth-order valence-corrected chi connectivity index (χ4v) is 14.8. The van der Waals surface area contributed by atoms with E-state index in [4.69, 9.17) is 0 Å². The summed E-state index contributed by atoms with van der Waals surface area (Å²) in [5.41, 5.74) is 2.38. The van der Waals surface area contributed by atoms with E-state index in [9.17, 15) is 0 Å². The van der Waals surface area contributed by atoms with Crippen LogP contribution in [0.2, 0.25) is 0 Å². The van der Waals surface area contributed by atoms with Gasteiger partial charge in [0, 0.05) is 157 Å². The highest BCUT2D eigenvalue weighted by molar-refractivity contribution is 5.12. The van der Waals surface area contributed by atoms with Crippen molar-refractivity contribution < 1.29 is 0 Å². The summed E-state index contributed by atoms with van der Waals surface area (Å²) in [5, 5.41) is 0. The molecule has 0 bridgehead atoms. The van der Waals surface area contributed by atoms with Crippen LogP contribution in [0.4, 0.5) is 0 Å². The highest BCUT2D eigenvalue weighted by atomic mass is 15.4. The molecule has 0 radical (unpaired) electrons. The predicted octanol–water partition coefficient (Wildman–Crippen LogP) is 8.74. The molecule has 4 unspecified atom stereocenters. The van der Waals surface area contributed by atoms with Crippen LogP contribution in [-0.4, -0.2) is 216 Å². The van der Waals surface area contributed by atoms with Gasteiger partial charge in [0.2, 0.25) is 0 Å². The molecule has 7 heterocycles. The summed E-state index contributed by atoms with van der Waals surface area (Å²) in [6.45, 7) is 67.2. The van der Waals surface area contributed by atoms with Crippen molar-refractivity contribution in [3.05, 3.63) is 0 Å². The molecule has 9 nitrogen and oxygen atoms in total. The Morgan fingerprint density at radius 1 is 0.439 bits per heavy atom. The summed E-state index contributed by atoms with van der Waals surface area (Å²) in [7, 11) is 0. The summed E-state index contributed by atoms with van der Waals surface area (Å²) in [5.74, 6) is 1.53. The smallest absolute Gasteiger partial charge is 0.0212 e. The second kappa shape index (κ2) is 20.3. The van der Waals surface area contributed by atoms with E-state index in [2.05, 4.69) is 162 Å². The van der Waals surface area contributed by atoms with E-state index >= 15 is 0 Å². The normalized spacial score (nSPS) is 32.5. The van der Waals surface area contributed by atoms with E-state index in [0.29, 0.717) is 27.7 Å². The first kappa shape index (κ1) is 53.4. The summed E-state index contributed by atoms with van der Waals surface area (Å²) in [6, 6.07) is 2.95. The lowest BCUT2D eigenvalue weighted by Gasteiger charge is -2.66. The van der Waals surface area contributed by atoms with Crippen LogP contribution < -0.4 is 0 Å². The van der Waals surface area contributed by atoms with Gasteiger partial charge in [-0.15, -0.1) is 0 Å². The van der Waals surface area contributed by atoms with Gasteiger partial charge >= 0.3 is 0 Å². The van der Waals surface area contributed by atoms with E-state index < -0.39 is 0 Å². The Hall–Kier alpha value is -0.360. The molecule has 0 aliphatic carbocycles. The zero-order valence-electron chi connectivity index (χ0n) is 47.1. The monoisotopic (exact) mass is 922 g/mol. The minimum Gasteiger partial charge on any atom is -0.302 e. The summed E-state index contributed by atoms with van der Waals surface area (Å²) in [4.78, 5) is 25.9. The molecule has 66 heavy (non-hydrogen) atoms.